The van der Waals surface area contributed by atoms with E-state index in [0.717, 1.165) is 37.5 Å². The summed E-state index contributed by atoms with van der Waals surface area (Å²) in [6.07, 6.45) is 0. The number of piperazine rings is 1. The number of benzene rings is 1. The molecular formula is C15H17FN4OS. The van der Waals surface area contributed by atoms with Crippen LogP contribution >= 0.6 is 11.3 Å². The van der Waals surface area contributed by atoms with Gasteiger partial charge in [-0.2, -0.15) is 9.37 Å². The lowest BCUT2D eigenvalue weighted by Gasteiger charge is -2.31. The number of likely N-dealkylation sites (N-methyl/N-ethyl adjacent to an activating group) is 1. The average Bonchev–Trinajstić information content (AvgIpc) is 2.90. The van der Waals surface area contributed by atoms with Crippen LogP contribution in [0.25, 0.3) is 0 Å². The van der Waals surface area contributed by atoms with E-state index in [1.165, 1.54) is 0 Å². The third-order valence-corrected chi connectivity index (χ3v) is 4.52. The van der Waals surface area contributed by atoms with Gasteiger partial charge < -0.3 is 15.1 Å². The predicted molar refractivity (Wildman–Crippen MR) is 86.2 cm³/mol. The van der Waals surface area contributed by atoms with Gasteiger partial charge in [0.25, 0.3) is 5.91 Å². The molecule has 1 aromatic heterocycles. The van der Waals surface area contributed by atoms with E-state index in [-0.39, 0.29) is 11.7 Å². The summed E-state index contributed by atoms with van der Waals surface area (Å²) in [5.74, 6) is -0.345. The number of halogens is 1. The summed E-state index contributed by atoms with van der Waals surface area (Å²) in [7, 11) is 2.06. The molecule has 0 atom stereocenters. The molecule has 1 amide bonds. The van der Waals surface area contributed by atoms with Crippen LogP contribution in [0.3, 0.4) is 0 Å². The van der Waals surface area contributed by atoms with Crippen LogP contribution in [0.4, 0.5) is 15.3 Å². The number of rotatable bonds is 3. The lowest BCUT2D eigenvalue weighted by atomic mass is 10.2. The summed E-state index contributed by atoms with van der Waals surface area (Å²) in [6.45, 7) is 3.48. The van der Waals surface area contributed by atoms with Gasteiger partial charge in [0.2, 0.25) is 5.13 Å². The number of aromatic nitrogens is 1. The molecular weight excluding hydrogens is 303 g/mol. The number of hydrogen-bond donors (Lipinski definition) is 1. The Labute approximate surface area is 132 Å². The number of carbonyl (C=O) groups excluding carboxylic acids is 1. The van der Waals surface area contributed by atoms with Crippen LogP contribution in [0, 0.1) is 5.13 Å². The summed E-state index contributed by atoms with van der Waals surface area (Å²) in [6, 6.07) is 8.72. The fourth-order valence-electron chi connectivity index (χ4n) is 2.27. The first-order valence-electron chi connectivity index (χ1n) is 7.09. The summed E-state index contributed by atoms with van der Waals surface area (Å²) < 4.78 is 14.0. The number of carbonyl (C=O) groups is 1. The Morgan fingerprint density at radius 2 is 1.91 bits per heavy atom. The van der Waals surface area contributed by atoms with Crippen molar-refractivity contribution in [1.82, 2.24) is 9.88 Å². The van der Waals surface area contributed by atoms with E-state index in [0.29, 0.717) is 10.7 Å². The topological polar surface area (TPSA) is 48.5 Å². The number of nitrogens with one attached hydrogen (secondary N) is 1. The monoisotopic (exact) mass is 320 g/mol. The minimum absolute atomic E-state index is 0.00720. The molecule has 0 radical (unpaired) electrons. The van der Waals surface area contributed by atoms with Gasteiger partial charge in [0.15, 0.2) is 10.9 Å². The van der Waals surface area contributed by atoms with E-state index in [2.05, 4.69) is 22.2 Å². The number of nitrogens with zero attached hydrogens (tertiary/aromatic N) is 3. The molecule has 0 bridgehead atoms. The zero-order valence-corrected chi connectivity index (χ0v) is 13.1. The Bertz CT molecular complexity index is 653. The fraction of sp³-hybridized carbons (Fsp3) is 0.333. The first-order chi connectivity index (χ1) is 10.6. The van der Waals surface area contributed by atoms with Crippen LogP contribution < -0.4 is 10.2 Å². The van der Waals surface area contributed by atoms with Gasteiger partial charge in [-0.3, -0.25) is 4.79 Å². The van der Waals surface area contributed by atoms with Crippen LogP contribution in [0.1, 0.15) is 10.4 Å². The number of anilines is 2. The van der Waals surface area contributed by atoms with Crippen molar-refractivity contribution in [3.8, 4) is 0 Å². The Hall–Kier alpha value is -1.99. The highest BCUT2D eigenvalue weighted by Crippen LogP contribution is 2.29. The van der Waals surface area contributed by atoms with Crippen molar-refractivity contribution in [1.29, 1.82) is 0 Å². The van der Waals surface area contributed by atoms with Gasteiger partial charge in [0.1, 0.15) is 0 Å². The van der Waals surface area contributed by atoms with E-state index in [1.807, 2.05) is 11.0 Å². The Kier molecular flexibility index (Phi) is 4.35. The maximum absolute atomic E-state index is 14.0. The van der Waals surface area contributed by atoms with Crippen molar-refractivity contribution in [3.05, 3.63) is 41.0 Å². The van der Waals surface area contributed by atoms with Gasteiger partial charge in [0.05, 0.1) is 0 Å². The number of thiazole rings is 1. The van der Waals surface area contributed by atoms with Gasteiger partial charge in [0, 0.05) is 31.7 Å². The van der Waals surface area contributed by atoms with Crippen molar-refractivity contribution < 1.29 is 9.18 Å². The van der Waals surface area contributed by atoms with Gasteiger partial charge in [-0.25, -0.2) is 0 Å². The van der Waals surface area contributed by atoms with Gasteiger partial charge >= 0.3 is 0 Å². The van der Waals surface area contributed by atoms with Gasteiger partial charge in [-0.05, 0) is 19.2 Å². The Balaban J connectivity index is 1.71. The number of amides is 1. The first kappa shape index (κ1) is 14.9. The highest BCUT2D eigenvalue weighted by atomic mass is 32.1. The SMILES string of the molecule is CN1CCN(c2nc(NC(=O)c3ccccc3)c(F)s2)CC1. The van der Waals surface area contributed by atoms with Crippen molar-refractivity contribution in [2.75, 3.05) is 43.4 Å². The van der Waals surface area contributed by atoms with Crippen molar-refractivity contribution in [2.24, 2.45) is 0 Å². The van der Waals surface area contributed by atoms with Gasteiger partial charge in [-0.1, -0.05) is 29.5 Å². The maximum Gasteiger partial charge on any atom is 0.256 e. The van der Waals surface area contributed by atoms with Crippen LogP contribution in [-0.4, -0.2) is 49.0 Å². The van der Waals surface area contributed by atoms with Crippen molar-refractivity contribution in [3.63, 3.8) is 0 Å². The lowest BCUT2D eigenvalue weighted by Crippen LogP contribution is -2.44. The van der Waals surface area contributed by atoms with Crippen molar-refractivity contribution >= 4 is 28.2 Å². The highest BCUT2D eigenvalue weighted by Gasteiger charge is 2.21. The van der Waals surface area contributed by atoms with Crippen LogP contribution in [-0.2, 0) is 0 Å². The molecule has 22 heavy (non-hydrogen) atoms. The quantitative estimate of drug-likeness (QED) is 0.943. The third-order valence-electron chi connectivity index (χ3n) is 3.62. The summed E-state index contributed by atoms with van der Waals surface area (Å²) in [4.78, 5) is 20.6. The standard InChI is InChI=1S/C15H17FN4OS/c1-19-7-9-20(10-8-19)15-18-13(12(16)22-15)17-14(21)11-5-3-2-4-6-11/h2-6H,7-10H2,1H3,(H,17,21). The summed E-state index contributed by atoms with van der Waals surface area (Å²) in [5, 5.41) is 2.70. The minimum Gasteiger partial charge on any atom is -0.345 e. The Morgan fingerprint density at radius 1 is 1.23 bits per heavy atom. The molecule has 5 nitrogen and oxygen atoms in total. The molecule has 0 spiro atoms. The maximum atomic E-state index is 14.0. The van der Waals surface area contributed by atoms with E-state index in [1.54, 1.807) is 24.3 Å². The summed E-state index contributed by atoms with van der Waals surface area (Å²) >= 11 is 0.974. The average molecular weight is 320 g/mol. The molecule has 3 rings (SSSR count). The molecule has 7 heteroatoms. The molecule has 1 aliphatic rings. The normalized spacial score (nSPS) is 15.8. The fourth-order valence-corrected chi connectivity index (χ4v) is 3.07. The molecule has 1 N–H and O–H groups in total. The molecule has 116 valence electrons. The zero-order valence-electron chi connectivity index (χ0n) is 12.3. The molecule has 1 aliphatic heterocycles. The predicted octanol–water partition coefficient (Wildman–Crippen LogP) is 2.29. The molecule has 0 unspecified atom stereocenters. The molecule has 1 fully saturated rings. The largest absolute Gasteiger partial charge is 0.345 e. The molecule has 1 aromatic carbocycles. The highest BCUT2D eigenvalue weighted by molar-refractivity contribution is 7.14. The van der Waals surface area contributed by atoms with E-state index >= 15 is 0 Å². The molecule has 2 heterocycles. The second-order valence-corrected chi connectivity index (χ2v) is 6.16. The summed E-state index contributed by atoms with van der Waals surface area (Å²) in [5.41, 5.74) is 0.482. The number of hydrogen-bond acceptors (Lipinski definition) is 5. The van der Waals surface area contributed by atoms with Crippen LogP contribution in [0.5, 0.6) is 0 Å². The smallest absolute Gasteiger partial charge is 0.256 e. The second-order valence-electron chi connectivity index (χ2n) is 5.23. The van der Waals surface area contributed by atoms with E-state index < -0.39 is 5.13 Å². The first-order valence-corrected chi connectivity index (χ1v) is 7.91. The van der Waals surface area contributed by atoms with Crippen LogP contribution in [0.2, 0.25) is 0 Å². The second kappa shape index (κ2) is 6.41. The minimum atomic E-state index is -0.460. The van der Waals surface area contributed by atoms with Crippen molar-refractivity contribution in [2.45, 2.75) is 0 Å². The van der Waals surface area contributed by atoms with Crippen LogP contribution in [0.15, 0.2) is 30.3 Å². The van der Waals surface area contributed by atoms with E-state index in [4.69, 9.17) is 0 Å². The molecule has 2 aromatic rings. The lowest BCUT2D eigenvalue weighted by molar-refractivity contribution is 0.102. The zero-order chi connectivity index (χ0) is 15.5. The molecule has 1 saturated heterocycles. The van der Waals surface area contributed by atoms with Gasteiger partial charge in [-0.15, -0.1) is 0 Å². The third kappa shape index (κ3) is 3.26. The molecule has 0 saturated carbocycles. The molecule has 0 aliphatic carbocycles. The Morgan fingerprint density at radius 3 is 2.59 bits per heavy atom. The van der Waals surface area contributed by atoms with E-state index in [9.17, 15) is 9.18 Å².